The Labute approximate surface area is 129 Å². The zero-order valence-electron chi connectivity index (χ0n) is 11.8. The zero-order chi connectivity index (χ0) is 15.2. The Balaban J connectivity index is 2.00. The van der Waals surface area contributed by atoms with E-state index in [-0.39, 0.29) is 23.3 Å². The lowest BCUT2D eigenvalue weighted by molar-refractivity contribution is 0.210. The van der Waals surface area contributed by atoms with E-state index in [1.54, 1.807) is 6.07 Å². The summed E-state index contributed by atoms with van der Waals surface area (Å²) in [4.78, 5) is 0.147. The summed E-state index contributed by atoms with van der Waals surface area (Å²) in [6.07, 6.45) is 0.675. The number of benzene rings is 1. The van der Waals surface area contributed by atoms with Crippen LogP contribution in [0.15, 0.2) is 17.0 Å². The van der Waals surface area contributed by atoms with Gasteiger partial charge < -0.3 is 9.84 Å². The molecule has 2 heterocycles. The van der Waals surface area contributed by atoms with Crippen LogP contribution in [0.3, 0.4) is 0 Å². The number of ether oxygens (including phenoxy) is 1. The van der Waals surface area contributed by atoms with Crippen molar-refractivity contribution in [1.82, 2.24) is 4.31 Å². The first-order valence-electron chi connectivity index (χ1n) is 6.99. The molecule has 2 aliphatic rings. The van der Waals surface area contributed by atoms with E-state index < -0.39 is 10.0 Å². The Bertz CT molecular complexity index is 661. The first-order chi connectivity index (χ1) is 9.93. The largest absolute Gasteiger partial charge is 0.492 e. The molecule has 1 aromatic carbocycles. The molecule has 1 N–H and O–H groups in total. The number of hydrogen-bond donors (Lipinski definition) is 1. The first-order valence-corrected chi connectivity index (χ1v) is 8.81. The van der Waals surface area contributed by atoms with Gasteiger partial charge in [0.2, 0.25) is 10.0 Å². The third-order valence-corrected chi connectivity index (χ3v) is 6.36. The Kier molecular flexibility index (Phi) is 3.90. The van der Waals surface area contributed by atoms with Gasteiger partial charge in [-0.15, -0.1) is 0 Å². The highest BCUT2D eigenvalue weighted by Gasteiger charge is 2.39. The standard InChI is InChI=1S/C14H18ClNO4S/c1-9-6-16(7-11(9)8-17)21(18,19)13-5-12(15)4-10-2-3-20-14(10)13/h4-5,9,11,17H,2-3,6-8H2,1H3/t9-,11+/m1/s1. The van der Waals surface area contributed by atoms with Crippen LogP contribution < -0.4 is 4.74 Å². The highest BCUT2D eigenvalue weighted by Crippen LogP contribution is 2.38. The van der Waals surface area contributed by atoms with E-state index in [4.69, 9.17) is 16.3 Å². The molecule has 0 radical (unpaired) electrons. The van der Waals surface area contributed by atoms with Crippen LogP contribution in [0.4, 0.5) is 0 Å². The number of fused-ring (bicyclic) bond motifs is 1. The maximum atomic E-state index is 12.9. The number of sulfonamides is 1. The van der Waals surface area contributed by atoms with Crippen molar-refractivity contribution in [3.8, 4) is 5.75 Å². The van der Waals surface area contributed by atoms with E-state index in [2.05, 4.69) is 0 Å². The van der Waals surface area contributed by atoms with Crippen molar-refractivity contribution < 1.29 is 18.3 Å². The molecule has 7 heteroatoms. The molecular formula is C14H18ClNO4S. The summed E-state index contributed by atoms with van der Waals surface area (Å²) < 4.78 is 32.6. The second-order valence-corrected chi connectivity index (χ2v) is 8.08. The molecule has 0 amide bonds. The molecule has 2 aliphatic heterocycles. The number of aliphatic hydroxyl groups is 1. The summed E-state index contributed by atoms with van der Waals surface area (Å²) in [7, 11) is -3.65. The Hall–Kier alpha value is -0.820. The minimum absolute atomic E-state index is 0.00264. The first kappa shape index (κ1) is 15.1. The second-order valence-electron chi connectivity index (χ2n) is 5.73. The Morgan fingerprint density at radius 1 is 1.43 bits per heavy atom. The SMILES string of the molecule is C[C@@H]1CN(S(=O)(=O)c2cc(Cl)cc3c2OCC3)C[C@H]1CO. The highest BCUT2D eigenvalue weighted by molar-refractivity contribution is 7.89. The van der Waals surface area contributed by atoms with Crippen molar-refractivity contribution in [3.63, 3.8) is 0 Å². The van der Waals surface area contributed by atoms with Gasteiger partial charge in [-0.2, -0.15) is 4.31 Å². The minimum Gasteiger partial charge on any atom is -0.492 e. The van der Waals surface area contributed by atoms with Crippen LogP contribution in [0.1, 0.15) is 12.5 Å². The quantitative estimate of drug-likeness (QED) is 0.912. The normalized spacial score (nSPS) is 25.9. The molecule has 1 aromatic rings. The van der Waals surface area contributed by atoms with Crippen molar-refractivity contribution in [2.45, 2.75) is 18.2 Å². The van der Waals surface area contributed by atoms with Crippen LogP contribution in [0.5, 0.6) is 5.75 Å². The number of rotatable bonds is 3. The molecular weight excluding hydrogens is 314 g/mol. The fourth-order valence-electron chi connectivity index (χ4n) is 2.99. The lowest BCUT2D eigenvalue weighted by Crippen LogP contribution is -2.29. The van der Waals surface area contributed by atoms with E-state index in [0.717, 1.165) is 5.56 Å². The lowest BCUT2D eigenvalue weighted by Gasteiger charge is -2.18. The van der Waals surface area contributed by atoms with E-state index >= 15 is 0 Å². The van der Waals surface area contributed by atoms with Crippen LogP contribution in [-0.4, -0.2) is 44.1 Å². The molecule has 0 spiro atoms. The molecule has 0 aliphatic carbocycles. The van der Waals surface area contributed by atoms with Crippen LogP contribution in [0.2, 0.25) is 5.02 Å². The molecule has 3 rings (SSSR count). The van der Waals surface area contributed by atoms with Gasteiger partial charge in [-0.05, 0) is 24.0 Å². The summed E-state index contributed by atoms with van der Waals surface area (Å²) >= 11 is 6.05. The number of aliphatic hydroxyl groups excluding tert-OH is 1. The average molecular weight is 332 g/mol. The third kappa shape index (κ3) is 2.54. The van der Waals surface area contributed by atoms with Crippen LogP contribution in [0.25, 0.3) is 0 Å². The van der Waals surface area contributed by atoms with Gasteiger partial charge in [0, 0.05) is 36.7 Å². The van der Waals surface area contributed by atoms with Gasteiger partial charge >= 0.3 is 0 Å². The summed E-state index contributed by atoms with van der Waals surface area (Å²) in [5.41, 5.74) is 0.840. The summed E-state index contributed by atoms with van der Waals surface area (Å²) in [5.74, 6) is 0.547. The lowest BCUT2D eigenvalue weighted by atomic mass is 10.00. The van der Waals surface area contributed by atoms with Crippen molar-refractivity contribution in [3.05, 3.63) is 22.7 Å². The Morgan fingerprint density at radius 3 is 2.86 bits per heavy atom. The second kappa shape index (κ2) is 5.43. The van der Waals surface area contributed by atoms with E-state index in [1.807, 2.05) is 6.92 Å². The fraction of sp³-hybridized carbons (Fsp3) is 0.571. The predicted molar refractivity (Wildman–Crippen MR) is 79.1 cm³/mol. The van der Waals surface area contributed by atoms with Crippen LogP contribution in [0, 0.1) is 11.8 Å². The van der Waals surface area contributed by atoms with Gasteiger partial charge in [-0.25, -0.2) is 8.42 Å². The molecule has 0 unspecified atom stereocenters. The summed E-state index contributed by atoms with van der Waals surface area (Å²) in [6, 6.07) is 3.21. The Morgan fingerprint density at radius 2 is 2.19 bits per heavy atom. The number of halogens is 1. The minimum atomic E-state index is -3.65. The topological polar surface area (TPSA) is 66.8 Å². The molecule has 0 bridgehead atoms. The highest BCUT2D eigenvalue weighted by atomic mass is 35.5. The third-order valence-electron chi connectivity index (χ3n) is 4.30. The average Bonchev–Trinajstić information content (AvgIpc) is 3.03. The van der Waals surface area contributed by atoms with Gasteiger partial charge in [-0.3, -0.25) is 0 Å². The molecule has 1 fully saturated rings. The monoisotopic (exact) mass is 331 g/mol. The van der Waals surface area contributed by atoms with Crippen LogP contribution >= 0.6 is 11.6 Å². The molecule has 21 heavy (non-hydrogen) atoms. The zero-order valence-corrected chi connectivity index (χ0v) is 13.3. The van der Waals surface area contributed by atoms with E-state index in [0.29, 0.717) is 36.9 Å². The van der Waals surface area contributed by atoms with E-state index in [1.165, 1.54) is 10.4 Å². The van der Waals surface area contributed by atoms with Crippen LogP contribution in [-0.2, 0) is 16.4 Å². The summed E-state index contributed by atoms with van der Waals surface area (Å²) in [5, 5.41) is 9.73. The molecule has 0 saturated carbocycles. The maximum Gasteiger partial charge on any atom is 0.246 e. The molecule has 1 saturated heterocycles. The summed E-state index contributed by atoms with van der Waals surface area (Å²) in [6.45, 7) is 3.18. The van der Waals surface area contributed by atoms with E-state index in [9.17, 15) is 13.5 Å². The fourth-order valence-corrected chi connectivity index (χ4v) is 5.09. The van der Waals surface area contributed by atoms with Crippen molar-refractivity contribution in [2.24, 2.45) is 11.8 Å². The molecule has 0 aromatic heterocycles. The maximum absolute atomic E-state index is 12.9. The molecule has 5 nitrogen and oxygen atoms in total. The van der Waals surface area contributed by atoms with Gasteiger partial charge in [0.05, 0.1) is 6.61 Å². The van der Waals surface area contributed by atoms with Gasteiger partial charge in [-0.1, -0.05) is 18.5 Å². The van der Waals surface area contributed by atoms with Gasteiger partial charge in [0.15, 0.2) is 0 Å². The predicted octanol–water partition coefficient (Wildman–Crippen LogP) is 1.52. The number of hydrogen-bond acceptors (Lipinski definition) is 4. The van der Waals surface area contributed by atoms with Gasteiger partial charge in [0.25, 0.3) is 0 Å². The van der Waals surface area contributed by atoms with Crippen molar-refractivity contribution in [1.29, 1.82) is 0 Å². The smallest absolute Gasteiger partial charge is 0.246 e. The number of nitrogens with zero attached hydrogens (tertiary/aromatic N) is 1. The van der Waals surface area contributed by atoms with Crippen molar-refractivity contribution >= 4 is 21.6 Å². The molecule has 2 atom stereocenters. The van der Waals surface area contributed by atoms with Crippen molar-refractivity contribution in [2.75, 3.05) is 26.3 Å². The molecule has 116 valence electrons. The van der Waals surface area contributed by atoms with Gasteiger partial charge in [0.1, 0.15) is 10.6 Å².